The summed E-state index contributed by atoms with van der Waals surface area (Å²) < 4.78 is 26.0. The van der Waals surface area contributed by atoms with Crippen LogP contribution in [-0.4, -0.2) is 50.5 Å². The van der Waals surface area contributed by atoms with E-state index in [9.17, 15) is 18.0 Å². The number of rotatable bonds is 11. The molecule has 0 heterocycles. The largest absolute Gasteiger partial charge is 0.354 e. The maximum atomic E-state index is 13.4. The smallest absolute Gasteiger partial charge is 0.244 e. The van der Waals surface area contributed by atoms with E-state index in [4.69, 9.17) is 0 Å². The van der Waals surface area contributed by atoms with Gasteiger partial charge in [-0.3, -0.25) is 13.9 Å². The zero-order valence-corrected chi connectivity index (χ0v) is 19.1. The van der Waals surface area contributed by atoms with Gasteiger partial charge in [-0.1, -0.05) is 62.4 Å². The van der Waals surface area contributed by atoms with Crippen molar-refractivity contribution in [2.45, 2.75) is 39.3 Å². The Bertz CT molecular complexity index is 949. The number of amides is 2. The summed E-state index contributed by atoms with van der Waals surface area (Å²) in [6.45, 7) is 4.14. The summed E-state index contributed by atoms with van der Waals surface area (Å²) >= 11 is 0. The molecule has 0 spiro atoms. The van der Waals surface area contributed by atoms with Crippen LogP contribution in [0.5, 0.6) is 0 Å². The highest BCUT2D eigenvalue weighted by molar-refractivity contribution is 7.92. The summed E-state index contributed by atoms with van der Waals surface area (Å²) in [4.78, 5) is 27.7. The van der Waals surface area contributed by atoms with Gasteiger partial charge in [-0.2, -0.15) is 0 Å². The van der Waals surface area contributed by atoms with Crippen molar-refractivity contribution >= 4 is 27.5 Å². The van der Waals surface area contributed by atoms with Crippen molar-refractivity contribution in [3.63, 3.8) is 0 Å². The van der Waals surface area contributed by atoms with E-state index < -0.39 is 22.0 Å². The molecule has 0 saturated carbocycles. The van der Waals surface area contributed by atoms with E-state index in [0.29, 0.717) is 18.7 Å². The topological polar surface area (TPSA) is 86.8 Å². The maximum Gasteiger partial charge on any atom is 0.244 e. The molecule has 7 nitrogen and oxygen atoms in total. The van der Waals surface area contributed by atoms with Crippen molar-refractivity contribution in [2.75, 3.05) is 23.7 Å². The Labute approximate surface area is 185 Å². The minimum atomic E-state index is -3.70. The quantitative estimate of drug-likeness (QED) is 0.576. The molecule has 0 fully saturated rings. The average Bonchev–Trinajstić information content (AvgIpc) is 2.76. The predicted octanol–water partition coefficient (Wildman–Crippen LogP) is 2.79. The lowest BCUT2D eigenvalue weighted by Gasteiger charge is -2.32. The van der Waals surface area contributed by atoms with Gasteiger partial charge in [0.2, 0.25) is 21.8 Å². The summed E-state index contributed by atoms with van der Waals surface area (Å²) in [5.41, 5.74) is 1.27. The van der Waals surface area contributed by atoms with E-state index in [2.05, 4.69) is 5.32 Å². The number of carbonyl (C=O) groups excluding carboxylic acids is 2. The van der Waals surface area contributed by atoms with Crippen molar-refractivity contribution in [1.29, 1.82) is 0 Å². The van der Waals surface area contributed by atoms with E-state index in [-0.39, 0.29) is 19.0 Å². The van der Waals surface area contributed by atoms with Gasteiger partial charge in [-0.25, -0.2) is 8.42 Å². The Morgan fingerprint density at radius 2 is 1.55 bits per heavy atom. The van der Waals surface area contributed by atoms with Crippen molar-refractivity contribution in [2.24, 2.45) is 0 Å². The Balaban J connectivity index is 2.36. The van der Waals surface area contributed by atoms with Crippen LogP contribution in [0.4, 0.5) is 5.69 Å². The number of nitrogens with one attached hydrogen (secondary N) is 1. The second kappa shape index (κ2) is 11.5. The van der Waals surface area contributed by atoms with E-state index in [0.717, 1.165) is 22.5 Å². The summed E-state index contributed by atoms with van der Waals surface area (Å²) in [7, 11) is -3.70. The van der Waals surface area contributed by atoms with Gasteiger partial charge < -0.3 is 10.2 Å². The summed E-state index contributed by atoms with van der Waals surface area (Å²) in [5, 5.41) is 2.86. The highest BCUT2D eigenvalue weighted by Gasteiger charge is 2.31. The second-order valence-corrected chi connectivity index (χ2v) is 9.23. The lowest BCUT2D eigenvalue weighted by molar-refractivity contribution is -0.140. The predicted molar refractivity (Wildman–Crippen MR) is 123 cm³/mol. The fourth-order valence-corrected chi connectivity index (χ4v) is 4.12. The Kier molecular flexibility index (Phi) is 9.05. The van der Waals surface area contributed by atoms with Crippen LogP contribution >= 0.6 is 0 Å². The first-order valence-electron chi connectivity index (χ1n) is 10.4. The number of anilines is 1. The van der Waals surface area contributed by atoms with Gasteiger partial charge in [-0.15, -0.1) is 0 Å². The normalized spacial score (nSPS) is 12.1. The van der Waals surface area contributed by atoms with E-state index in [1.807, 2.05) is 44.2 Å². The molecule has 1 N–H and O–H groups in total. The molecule has 0 aliphatic carbocycles. The second-order valence-electron chi connectivity index (χ2n) is 7.33. The molecule has 31 heavy (non-hydrogen) atoms. The molecular weight excluding hydrogens is 414 g/mol. The van der Waals surface area contributed by atoms with Crippen LogP contribution < -0.4 is 9.62 Å². The highest BCUT2D eigenvalue weighted by Crippen LogP contribution is 2.19. The number of para-hydroxylation sites is 1. The molecule has 0 radical (unpaired) electrons. The monoisotopic (exact) mass is 445 g/mol. The van der Waals surface area contributed by atoms with Crippen LogP contribution in [0.2, 0.25) is 0 Å². The molecule has 0 unspecified atom stereocenters. The molecule has 0 aliphatic heterocycles. The molecule has 2 rings (SSSR count). The maximum absolute atomic E-state index is 13.4. The van der Waals surface area contributed by atoms with Crippen molar-refractivity contribution in [3.8, 4) is 0 Å². The molecule has 0 bridgehead atoms. The summed E-state index contributed by atoms with van der Waals surface area (Å²) in [5.74, 6) is -0.670. The molecule has 0 aromatic heterocycles. The minimum Gasteiger partial charge on any atom is -0.354 e. The van der Waals surface area contributed by atoms with E-state index >= 15 is 0 Å². The molecule has 1 atom stereocenters. The van der Waals surface area contributed by atoms with Crippen LogP contribution in [0.3, 0.4) is 0 Å². The molecule has 168 valence electrons. The standard InChI is InChI=1S/C23H31N3O4S/c1-4-16-24-23(28)21(5-2)25(17-19-12-8-6-9-13-19)22(27)18-26(31(3,29)30)20-14-10-7-11-15-20/h6-15,21H,4-5,16-18H2,1-3H3,(H,24,28)/t21-/m1/s1. The third-order valence-corrected chi connectivity index (χ3v) is 5.99. The van der Waals surface area contributed by atoms with Gasteiger partial charge in [0.25, 0.3) is 0 Å². The molecule has 8 heteroatoms. The zero-order valence-electron chi connectivity index (χ0n) is 18.3. The first-order chi connectivity index (χ1) is 14.8. The number of hydrogen-bond acceptors (Lipinski definition) is 4. The van der Waals surface area contributed by atoms with Crippen molar-refractivity contribution in [1.82, 2.24) is 10.2 Å². The Morgan fingerprint density at radius 3 is 2.06 bits per heavy atom. The minimum absolute atomic E-state index is 0.212. The van der Waals surface area contributed by atoms with Gasteiger partial charge in [0, 0.05) is 13.1 Å². The Hall–Kier alpha value is -2.87. The number of carbonyl (C=O) groups is 2. The first kappa shape index (κ1) is 24.4. The van der Waals surface area contributed by atoms with Gasteiger partial charge in [-0.05, 0) is 30.5 Å². The van der Waals surface area contributed by atoms with Crippen LogP contribution in [0.1, 0.15) is 32.3 Å². The van der Waals surface area contributed by atoms with Crippen LogP contribution in [0, 0.1) is 0 Å². The van der Waals surface area contributed by atoms with E-state index in [1.54, 1.807) is 30.3 Å². The molecule has 2 aromatic carbocycles. The number of benzene rings is 2. The van der Waals surface area contributed by atoms with Gasteiger partial charge in [0.05, 0.1) is 11.9 Å². The molecular formula is C23H31N3O4S. The van der Waals surface area contributed by atoms with Crippen LogP contribution in [0.25, 0.3) is 0 Å². The third kappa shape index (κ3) is 7.10. The molecule has 2 amide bonds. The first-order valence-corrected chi connectivity index (χ1v) is 12.3. The molecule has 0 aliphatic rings. The average molecular weight is 446 g/mol. The van der Waals surface area contributed by atoms with Crippen LogP contribution in [-0.2, 0) is 26.2 Å². The number of hydrogen-bond donors (Lipinski definition) is 1. The van der Waals surface area contributed by atoms with Crippen LogP contribution in [0.15, 0.2) is 60.7 Å². The zero-order chi connectivity index (χ0) is 22.9. The van der Waals surface area contributed by atoms with Gasteiger partial charge in [0.1, 0.15) is 12.6 Å². The van der Waals surface area contributed by atoms with Gasteiger partial charge in [0.15, 0.2) is 0 Å². The highest BCUT2D eigenvalue weighted by atomic mass is 32.2. The third-order valence-electron chi connectivity index (χ3n) is 4.85. The lowest BCUT2D eigenvalue weighted by atomic mass is 10.1. The molecule has 0 saturated heterocycles. The van der Waals surface area contributed by atoms with Crippen molar-refractivity contribution < 1.29 is 18.0 Å². The number of sulfonamides is 1. The molecule has 2 aromatic rings. The van der Waals surface area contributed by atoms with Gasteiger partial charge >= 0.3 is 0 Å². The fraction of sp³-hybridized carbons (Fsp3) is 0.391. The SMILES string of the molecule is CCCNC(=O)[C@@H](CC)N(Cc1ccccc1)C(=O)CN(c1ccccc1)S(C)(=O)=O. The number of nitrogens with zero attached hydrogens (tertiary/aromatic N) is 2. The van der Waals surface area contributed by atoms with Crippen molar-refractivity contribution in [3.05, 3.63) is 66.2 Å². The lowest BCUT2D eigenvalue weighted by Crippen LogP contribution is -2.52. The fourth-order valence-electron chi connectivity index (χ4n) is 3.27. The summed E-state index contributed by atoms with van der Waals surface area (Å²) in [6.07, 6.45) is 2.27. The summed E-state index contributed by atoms with van der Waals surface area (Å²) in [6, 6.07) is 17.1. The van der Waals surface area contributed by atoms with E-state index in [1.165, 1.54) is 4.90 Å². The Morgan fingerprint density at radius 1 is 0.968 bits per heavy atom.